The molecule has 22 heavy (non-hydrogen) atoms. The minimum atomic E-state index is -0.524. The Labute approximate surface area is 129 Å². The monoisotopic (exact) mass is 303 g/mol. The van der Waals surface area contributed by atoms with Crippen LogP contribution in [0.3, 0.4) is 0 Å². The zero-order chi connectivity index (χ0) is 16.1. The Bertz CT molecular complexity index is 621. The number of aromatic nitrogens is 3. The van der Waals surface area contributed by atoms with Gasteiger partial charge >= 0.3 is 0 Å². The number of rotatable bonds is 6. The highest BCUT2D eigenvalue weighted by molar-refractivity contribution is 5.81. The first-order chi connectivity index (χ1) is 10.5. The average Bonchev–Trinajstić information content (AvgIpc) is 3.00. The van der Waals surface area contributed by atoms with Gasteiger partial charge in [0.05, 0.1) is 19.7 Å². The van der Waals surface area contributed by atoms with Crippen molar-refractivity contribution in [3.8, 4) is 17.1 Å². The van der Waals surface area contributed by atoms with E-state index in [-0.39, 0.29) is 18.4 Å². The number of hydrogen-bond acceptors (Lipinski definition) is 5. The maximum atomic E-state index is 11.8. The van der Waals surface area contributed by atoms with Gasteiger partial charge in [-0.25, -0.2) is 4.98 Å². The molecule has 0 aliphatic rings. The van der Waals surface area contributed by atoms with Gasteiger partial charge < -0.3 is 15.8 Å². The topological polar surface area (TPSA) is 106 Å². The van der Waals surface area contributed by atoms with Crippen molar-refractivity contribution in [3.63, 3.8) is 0 Å². The fourth-order valence-corrected chi connectivity index (χ4v) is 1.83. The first kappa shape index (κ1) is 16.0. The molecule has 0 spiro atoms. The largest absolute Gasteiger partial charge is 0.497 e. The van der Waals surface area contributed by atoms with Crippen LogP contribution in [0.4, 0.5) is 0 Å². The zero-order valence-corrected chi connectivity index (χ0v) is 13.0. The second-order valence-corrected chi connectivity index (χ2v) is 5.32. The van der Waals surface area contributed by atoms with Crippen LogP contribution in [-0.2, 0) is 11.3 Å². The summed E-state index contributed by atoms with van der Waals surface area (Å²) in [6, 6.07) is 6.91. The SMILES string of the molecule is COc1ccc(-c2n[nH]c(CNC(=O)[C@@H](N)C(C)C)n2)cc1. The summed E-state index contributed by atoms with van der Waals surface area (Å²) < 4.78 is 5.11. The second kappa shape index (κ2) is 7.04. The molecule has 7 nitrogen and oxygen atoms in total. The van der Waals surface area contributed by atoms with Gasteiger partial charge in [-0.05, 0) is 30.2 Å². The number of nitrogens with zero attached hydrogens (tertiary/aromatic N) is 2. The number of nitrogens with one attached hydrogen (secondary N) is 2. The number of hydrogen-bond donors (Lipinski definition) is 3. The van der Waals surface area contributed by atoms with E-state index >= 15 is 0 Å². The van der Waals surface area contributed by atoms with Crippen molar-refractivity contribution < 1.29 is 9.53 Å². The smallest absolute Gasteiger partial charge is 0.237 e. The number of H-pyrrole nitrogens is 1. The molecule has 4 N–H and O–H groups in total. The maximum Gasteiger partial charge on any atom is 0.237 e. The van der Waals surface area contributed by atoms with Crippen LogP contribution in [-0.4, -0.2) is 34.2 Å². The van der Waals surface area contributed by atoms with Crippen LogP contribution >= 0.6 is 0 Å². The Morgan fingerprint density at radius 1 is 1.36 bits per heavy atom. The van der Waals surface area contributed by atoms with E-state index in [2.05, 4.69) is 20.5 Å². The van der Waals surface area contributed by atoms with Gasteiger partial charge in [0.1, 0.15) is 11.6 Å². The third-order valence-corrected chi connectivity index (χ3v) is 3.33. The lowest BCUT2D eigenvalue weighted by Crippen LogP contribution is -2.43. The molecule has 0 radical (unpaired) electrons. The third-order valence-electron chi connectivity index (χ3n) is 3.33. The Morgan fingerprint density at radius 2 is 2.05 bits per heavy atom. The summed E-state index contributed by atoms with van der Waals surface area (Å²) in [6.45, 7) is 4.07. The van der Waals surface area contributed by atoms with Gasteiger partial charge in [-0.15, -0.1) is 0 Å². The summed E-state index contributed by atoms with van der Waals surface area (Å²) in [6.07, 6.45) is 0. The molecule has 118 valence electrons. The lowest BCUT2D eigenvalue weighted by Gasteiger charge is -2.14. The molecule has 1 heterocycles. The highest BCUT2D eigenvalue weighted by Gasteiger charge is 2.17. The van der Waals surface area contributed by atoms with Gasteiger partial charge in [-0.3, -0.25) is 9.89 Å². The number of ether oxygens (including phenoxy) is 1. The minimum absolute atomic E-state index is 0.0876. The van der Waals surface area contributed by atoms with Gasteiger partial charge in [0, 0.05) is 5.56 Å². The zero-order valence-electron chi connectivity index (χ0n) is 13.0. The van der Waals surface area contributed by atoms with E-state index in [1.807, 2.05) is 38.1 Å². The van der Waals surface area contributed by atoms with Crippen molar-refractivity contribution in [1.82, 2.24) is 20.5 Å². The van der Waals surface area contributed by atoms with Crippen LogP contribution < -0.4 is 15.8 Å². The average molecular weight is 303 g/mol. The first-order valence-corrected chi connectivity index (χ1v) is 7.10. The molecular formula is C15H21N5O2. The molecule has 0 aliphatic carbocycles. The lowest BCUT2D eigenvalue weighted by atomic mass is 10.1. The molecule has 2 aromatic rings. The molecule has 0 fully saturated rings. The minimum Gasteiger partial charge on any atom is -0.497 e. The molecule has 0 saturated carbocycles. The number of nitrogens with two attached hydrogens (primary N) is 1. The van der Waals surface area contributed by atoms with Gasteiger partial charge in [0.25, 0.3) is 0 Å². The summed E-state index contributed by atoms with van der Waals surface area (Å²) in [4.78, 5) is 16.1. The Kier molecular flexibility index (Phi) is 5.11. The molecule has 1 aromatic heterocycles. The number of amides is 1. The maximum absolute atomic E-state index is 11.8. The van der Waals surface area contributed by atoms with Gasteiger partial charge in [-0.1, -0.05) is 13.8 Å². The van der Waals surface area contributed by atoms with Crippen molar-refractivity contribution in [2.75, 3.05) is 7.11 Å². The normalized spacial score (nSPS) is 12.2. The van der Waals surface area contributed by atoms with E-state index in [1.54, 1.807) is 7.11 Å². The Balaban J connectivity index is 1.97. The number of aromatic amines is 1. The Morgan fingerprint density at radius 3 is 2.64 bits per heavy atom. The number of carbonyl (C=O) groups is 1. The van der Waals surface area contributed by atoms with Crippen LogP contribution in [0.1, 0.15) is 19.7 Å². The highest BCUT2D eigenvalue weighted by atomic mass is 16.5. The van der Waals surface area contributed by atoms with Crippen molar-refractivity contribution in [2.45, 2.75) is 26.4 Å². The van der Waals surface area contributed by atoms with Crippen LogP contribution in [0.5, 0.6) is 5.75 Å². The molecule has 1 atom stereocenters. The number of carbonyl (C=O) groups excluding carboxylic acids is 1. The van der Waals surface area contributed by atoms with Crippen LogP contribution in [0, 0.1) is 5.92 Å². The summed E-state index contributed by atoms with van der Waals surface area (Å²) >= 11 is 0. The van der Waals surface area contributed by atoms with E-state index < -0.39 is 6.04 Å². The summed E-state index contributed by atoms with van der Waals surface area (Å²) in [5.74, 6) is 1.81. The predicted octanol–water partition coefficient (Wildman–Crippen LogP) is 1.08. The summed E-state index contributed by atoms with van der Waals surface area (Å²) in [5.41, 5.74) is 6.65. The summed E-state index contributed by atoms with van der Waals surface area (Å²) in [5, 5.41) is 9.69. The third kappa shape index (κ3) is 3.82. The van der Waals surface area contributed by atoms with Crippen molar-refractivity contribution in [1.29, 1.82) is 0 Å². The standard InChI is InChI=1S/C15H21N5O2/c1-9(2)13(16)15(21)17-8-12-18-14(20-19-12)10-4-6-11(22-3)7-5-10/h4-7,9,13H,8,16H2,1-3H3,(H,17,21)(H,18,19,20)/t13-/m0/s1. The molecule has 1 amide bonds. The van der Waals surface area contributed by atoms with Gasteiger partial charge in [-0.2, -0.15) is 5.10 Å². The molecule has 0 saturated heterocycles. The van der Waals surface area contributed by atoms with Crippen LogP contribution in [0.25, 0.3) is 11.4 Å². The van der Waals surface area contributed by atoms with Gasteiger partial charge in [0.15, 0.2) is 5.82 Å². The molecule has 0 aliphatic heterocycles. The van der Waals surface area contributed by atoms with E-state index in [4.69, 9.17) is 10.5 Å². The fraction of sp³-hybridized carbons (Fsp3) is 0.400. The van der Waals surface area contributed by atoms with Crippen molar-refractivity contribution in [3.05, 3.63) is 30.1 Å². The van der Waals surface area contributed by atoms with Crippen LogP contribution in [0.15, 0.2) is 24.3 Å². The highest BCUT2D eigenvalue weighted by Crippen LogP contribution is 2.18. The molecule has 2 rings (SSSR count). The molecule has 0 bridgehead atoms. The van der Waals surface area contributed by atoms with Crippen molar-refractivity contribution >= 4 is 5.91 Å². The Hall–Kier alpha value is -2.41. The predicted molar refractivity (Wildman–Crippen MR) is 83.0 cm³/mol. The summed E-state index contributed by atoms with van der Waals surface area (Å²) in [7, 11) is 1.62. The van der Waals surface area contributed by atoms with Crippen molar-refractivity contribution in [2.24, 2.45) is 11.7 Å². The molecule has 0 unspecified atom stereocenters. The van der Waals surface area contributed by atoms with Gasteiger partial charge in [0.2, 0.25) is 5.91 Å². The number of methoxy groups -OCH3 is 1. The number of benzene rings is 1. The fourth-order valence-electron chi connectivity index (χ4n) is 1.83. The van der Waals surface area contributed by atoms with E-state index in [0.29, 0.717) is 11.6 Å². The van der Waals surface area contributed by atoms with Crippen LogP contribution in [0.2, 0.25) is 0 Å². The second-order valence-electron chi connectivity index (χ2n) is 5.32. The quantitative estimate of drug-likeness (QED) is 0.740. The van der Waals surface area contributed by atoms with E-state index in [1.165, 1.54) is 0 Å². The molecule has 1 aromatic carbocycles. The van der Waals surface area contributed by atoms with E-state index in [0.717, 1.165) is 11.3 Å². The van der Waals surface area contributed by atoms with E-state index in [9.17, 15) is 4.79 Å². The molecular weight excluding hydrogens is 282 g/mol. The molecule has 7 heteroatoms. The lowest BCUT2D eigenvalue weighted by molar-refractivity contribution is -0.123. The first-order valence-electron chi connectivity index (χ1n) is 7.10.